The molecule has 1 atom stereocenters. The maximum atomic E-state index is 14.3. The van der Waals surface area contributed by atoms with E-state index in [2.05, 4.69) is 11.4 Å². The predicted octanol–water partition coefficient (Wildman–Crippen LogP) is 4.33. The second kappa shape index (κ2) is 7.45. The quantitative estimate of drug-likeness (QED) is 0.664. The smallest absolute Gasteiger partial charge is 0.319 e. The van der Waals surface area contributed by atoms with E-state index in [0.717, 1.165) is 21.6 Å². The summed E-state index contributed by atoms with van der Waals surface area (Å²) in [6, 6.07) is 22.1. The molecule has 3 amide bonds. The molecule has 4 rings (SSSR count). The number of amides is 3. The molecule has 0 radical (unpaired) electrons. The molecule has 0 saturated carbocycles. The second-order valence-electron chi connectivity index (χ2n) is 7.28. The van der Waals surface area contributed by atoms with Crippen molar-refractivity contribution in [3.8, 4) is 17.2 Å². The van der Waals surface area contributed by atoms with Crippen LogP contribution in [0.25, 0.3) is 11.1 Å². The maximum absolute atomic E-state index is 14.3. The minimum absolute atomic E-state index is 0.0644. The molecule has 0 aliphatic carbocycles. The van der Waals surface area contributed by atoms with Gasteiger partial charge in [-0.1, -0.05) is 60.7 Å². The molecule has 1 heterocycles. The standard InChI is InChI=1S/C24H18FN3O2/c1-24(20-8-4-5-9-21(20)25)22(29)28(23(30)27-24)15-16-10-12-17(13-11-16)19-7-3-2-6-18(19)14-26/h2-13H,15H2,1H3,(H,27,30). The predicted molar refractivity (Wildman–Crippen MR) is 109 cm³/mol. The number of urea groups is 1. The molecular weight excluding hydrogens is 381 g/mol. The van der Waals surface area contributed by atoms with Crippen LogP contribution in [0, 0.1) is 17.1 Å². The van der Waals surface area contributed by atoms with Crippen molar-refractivity contribution in [3.63, 3.8) is 0 Å². The van der Waals surface area contributed by atoms with Crippen molar-refractivity contribution in [2.75, 3.05) is 0 Å². The monoisotopic (exact) mass is 399 g/mol. The minimum atomic E-state index is -1.45. The van der Waals surface area contributed by atoms with Crippen LogP contribution in [0.4, 0.5) is 9.18 Å². The summed E-state index contributed by atoms with van der Waals surface area (Å²) in [6.45, 7) is 1.57. The Hall–Kier alpha value is -3.98. The van der Waals surface area contributed by atoms with Crippen LogP contribution in [0.2, 0.25) is 0 Å². The number of imide groups is 1. The van der Waals surface area contributed by atoms with Gasteiger partial charge in [-0.05, 0) is 35.7 Å². The van der Waals surface area contributed by atoms with Gasteiger partial charge < -0.3 is 5.32 Å². The summed E-state index contributed by atoms with van der Waals surface area (Å²) < 4.78 is 14.3. The summed E-state index contributed by atoms with van der Waals surface area (Å²) in [7, 11) is 0. The summed E-state index contributed by atoms with van der Waals surface area (Å²) >= 11 is 0. The van der Waals surface area contributed by atoms with Gasteiger partial charge >= 0.3 is 6.03 Å². The number of hydrogen-bond acceptors (Lipinski definition) is 3. The first kappa shape index (κ1) is 19.3. The number of carbonyl (C=O) groups excluding carboxylic acids is 2. The summed E-state index contributed by atoms with van der Waals surface area (Å²) in [5.41, 5.74) is 1.68. The molecule has 6 heteroatoms. The van der Waals surface area contributed by atoms with Crippen molar-refractivity contribution in [3.05, 3.63) is 95.3 Å². The van der Waals surface area contributed by atoms with Gasteiger partial charge in [-0.25, -0.2) is 9.18 Å². The van der Waals surface area contributed by atoms with Crippen LogP contribution in [0.3, 0.4) is 0 Å². The topological polar surface area (TPSA) is 73.2 Å². The van der Waals surface area contributed by atoms with Gasteiger partial charge in [0.1, 0.15) is 11.4 Å². The molecule has 3 aromatic carbocycles. The van der Waals surface area contributed by atoms with Crippen molar-refractivity contribution in [1.82, 2.24) is 10.2 Å². The first-order valence-electron chi connectivity index (χ1n) is 9.41. The number of carbonyl (C=O) groups is 2. The Morgan fingerprint density at radius 2 is 1.67 bits per heavy atom. The van der Waals surface area contributed by atoms with E-state index in [4.69, 9.17) is 0 Å². The Bertz CT molecular complexity index is 1180. The fraction of sp³-hybridized carbons (Fsp3) is 0.125. The average Bonchev–Trinajstić information content (AvgIpc) is 2.98. The Morgan fingerprint density at radius 1 is 1.00 bits per heavy atom. The van der Waals surface area contributed by atoms with Gasteiger partial charge in [0.05, 0.1) is 18.2 Å². The third-order valence-electron chi connectivity index (χ3n) is 5.34. The van der Waals surface area contributed by atoms with E-state index in [1.165, 1.54) is 25.1 Å². The van der Waals surface area contributed by atoms with Gasteiger partial charge in [-0.15, -0.1) is 0 Å². The number of hydrogen-bond donors (Lipinski definition) is 1. The lowest BCUT2D eigenvalue weighted by Crippen LogP contribution is -2.41. The molecule has 1 aliphatic rings. The molecule has 1 fully saturated rings. The van der Waals surface area contributed by atoms with E-state index in [0.29, 0.717) is 5.56 Å². The Kier molecular flexibility index (Phi) is 4.80. The molecule has 1 N–H and O–H groups in total. The molecule has 0 spiro atoms. The molecule has 3 aromatic rings. The Balaban J connectivity index is 1.58. The second-order valence-corrected chi connectivity index (χ2v) is 7.28. The van der Waals surface area contributed by atoms with Gasteiger partial charge in [0, 0.05) is 5.56 Å². The number of benzene rings is 3. The van der Waals surface area contributed by atoms with Gasteiger partial charge in [0.15, 0.2) is 0 Å². The number of rotatable bonds is 4. The summed E-state index contributed by atoms with van der Waals surface area (Å²) in [6.07, 6.45) is 0. The van der Waals surface area contributed by atoms with E-state index >= 15 is 0 Å². The minimum Gasteiger partial charge on any atom is -0.319 e. The lowest BCUT2D eigenvalue weighted by Gasteiger charge is -2.22. The highest BCUT2D eigenvalue weighted by molar-refractivity contribution is 6.07. The van der Waals surface area contributed by atoms with Gasteiger partial charge in [0.25, 0.3) is 5.91 Å². The molecule has 1 aliphatic heterocycles. The number of nitrogens with one attached hydrogen (secondary N) is 1. The molecule has 148 valence electrons. The van der Waals surface area contributed by atoms with Crippen LogP contribution in [0.15, 0.2) is 72.8 Å². The van der Waals surface area contributed by atoms with Gasteiger partial charge in [-0.3, -0.25) is 9.69 Å². The highest BCUT2D eigenvalue weighted by Crippen LogP contribution is 2.31. The van der Waals surface area contributed by atoms with Gasteiger partial charge in [-0.2, -0.15) is 5.26 Å². The molecule has 5 nitrogen and oxygen atoms in total. The van der Waals surface area contributed by atoms with Crippen molar-refractivity contribution < 1.29 is 14.0 Å². The van der Waals surface area contributed by atoms with Crippen LogP contribution < -0.4 is 5.32 Å². The molecular formula is C24H18FN3O2. The molecule has 0 aromatic heterocycles. The first-order valence-corrected chi connectivity index (χ1v) is 9.41. The third-order valence-corrected chi connectivity index (χ3v) is 5.34. The molecule has 1 saturated heterocycles. The van der Waals surface area contributed by atoms with Crippen LogP contribution in [0.5, 0.6) is 0 Å². The third kappa shape index (κ3) is 3.20. The van der Waals surface area contributed by atoms with Gasteiger partial charge in [0.2, 0.25) is 0 Å². The van der Waals surface area contributed by atoms with Crippen molar-refractivity contribution in [2.24, 2.45) is 0 Å². The SMILES string of the molecule is CC1(c2ccccc2F)NC(=O)N(Cc2ccc(-c3ccccc3C#N)cc2)C1=O. The largest absolute Gasteiger partial charge is 0.325 e. The summed E-state index contributed by atoms with van der Waals surface area (Å²) in [5.74, 6) is -1.05. The Morgan fingerprint density at radius 3 is 2.37 bits per heavy atom. The zero-order chi connectivity index (χ0) is 21.3. The molecule has 1 unspecified atom stereocenters. The highest BCUT2D eigenvalue weighted by Gasteiger charge is 2.50. The van der Waals surface area contributed by atoms with Crippen LogP contribution in [0.1, 0.15) is 23.6 Å². The summed E-state index contributed by atoms with van der Waals surface area (Å²) in [4.78, 5) is 26.6. The van der Waals surface area contributed by atoms with Crippen LogP contribution in [-0.4, -0.2) is 16.8 Å². The van der Waals surface area contributed by atoms with Crippen molar-refractivity contribution >= 4 is 11.9 Å². The zero-order valence-corrected chi connectivity index (χ0v) is 16.2. The van der Waals surface area contributed by atoms with Crippen LogP contribution in [-0.2, 0) is 16.9 Å². The summed E-state index contributed by atoms with van der Waals surface area (Å²) in [5, 5.41) is 11.9. The number of halogens is 1. The first-order chi connectivity index (χ1) is 14.4. The lowest BCUT2D eigenvalue weighted by molar-refractivity contribution is -0.131. The van der Waals surface area contributed by atoms with E-state index in [-0.39, 0.29) is 12.1 Å². The normalized spacial score (nSPS) is 18.2. The average molecular weight is 399 g/mol. The molecule has 0 bridgehead atoms. The van der Waals surface area contributed by atoms with Crippen molar-refractivity contribution in [2.45, 2.75) is 19.0 Å². The number of nitrogens with zero attached hydrogens (tertiary/aromatic N) is 2. The van der Waals surface area contributed by atoms with E-state index in [1.807, 2.05) is 36.4 Å². The van der Waals surface area contributed by atoms with E-state index in [9.17, 15) is 19.2 Å². The zero-order valence-electron chi connectivity index (χ0n) is 16.2. The molecule has 30 heavy (non-hydrogen) atoms. The maximum Gasteiger partial charge on any atom is 0.325 e. The fourth-order valence-electron chi connectivity index (χ4n) is 3.69. The van der Waals surface area contributed by atoms with E-state index in [1.54, 1.807) is 18.2 Å². The Labute approximate surface area is 173 Å². The van der Waals surface area contributed by atoms with Crippen LogP contribution >= 0.6 is 0 Å². The highest BCUT2D eigenvalue weighted by atomic mass is 19.1. The van der Waals surface area contributed by atoms with Crippen molar-refractivity contribution in [1.29, 1.82) is 5.26 Å². The lowest BCUT2D eigenvalue weighted by atomic mass is 9.91. The fourth-order valence-corrected chi connectivity index (χ4v) is 3.69. The van der Waals surface area contributed by atoms with E-state index < -0.39 is 23.3 Å². The number of nitriles is 1.